The Bertz CT molecular complexity index is 1090. The van der Waals surface area contributed by atoms with Gasteiger partial charge in [0.05, 0.1) is 18.7 Å². The lowest BCUT2D eigenvalue weighted by Gasteiger charge is -2.36. The number of aromatic nitrogens is 2. The zero-order chi connectivity index (χ0) is 26.7. The Morgan fingerprint density at radius 2 is 1.83 bits per heavy atom. The minimum Gasteiger partial charge on any atom is -0.481 e. The summed E-state index contributed by atoms with van der Waals surface area (Å²) in [6.07, 6.45) is 3.11. The zero-order valence-electron chi connectivity index (χ0n) is 19.3. The standard InChI is InChI=1S/C19H21ClF2N4O2.C4H4O4/c1-28-17-4-7-24-16(25-17)11-23-12-19(22)5-8-26(9-6-19)18(27)13-2-3-15(21)14(20)10-13;5-3(6)1-2-4(7)8/h2-4,7,10,23H,5-6,8-9,11-12H2,1H3;1-2H,(H,5,6)(H,7,8)/b;2-1+. The van der Waals surface area contributed by atoms with Crippen molar-refractivity contribution in [2.45, 2.75) is 25.1 Å². The van der Waals surface area contributed by atoms with Gasteiger partial charge < -0.3 is 25.2 Å². The summed E-state index contributed by atoms with van der Waals surface area (Å²) in [5, 5.41) is 18.6. The van der Waals surface area contributed by atoms with Crippen molar-refractivity contribution in [3.8, 4) is 5.88 Å². The molecule has 1 amide bonds. The Morgan fingerprint density at radius 1 is 1.19 bits per heavy atom. The highest BCUT2D eigenvalue weighted by atomic mass is 35.5. The Morgan fingerprint density at radius 3 is 2.39 bits per heavy atom. The van der Waals surface area contributed by atoms with Crippen LogP contribution in [0.2, 0.25) is 5.02 Å². The smallest absolute Gasteiger partial charge is 0.328 e. The number of nitrogens with one attached hydrogen (secondary N) is 1. The van der Waals surface area contributed by atoms with Crippen LogP contribution in [0.3, 0.4) is 0 Å². The molecule has 0 spiro atoms. The first-order valence-electron chi connectivity index (χ1n) is 10.7. The molecule has 3 N–H and O–H groups in total. The van der Waals surface area contributed by atoms with Crippen molar-refractivity contribution >= 4 is 29.4 Å². The first kappa shape index (κ1) is 28.6. The number of likely N-dealkylation sites (tertiary alicyclic amines) is 1. The van der Waals surface area contributed by atoms with Gasteiger partial charge in [0.1, 0.15) is 17.3 Å². The molecule has 1 fully saturated rings. The average molecular weight is 527 g/mol. The number of hydrogen-bond donors (Lipinski definition) is 3. The fourth-order valence-corrected chi connectivity index (χ4v) is 3.40. The number of alkyl halides is 1. The highest BCUT2D eigenvalue weighted by molar-refractivity contribution is 6.31. The Kier molecular flexibility index (Phi) is 10.7. The van der Waals surface area contributed by atoms with Gasteiger partial charge in [-0.05, 0) is 18.2 Å². The van der Waals surface area contributed by atoms with Crippen molar-refractivity contribution in [3.63, 3.8) is 0 Å². The lowest BCUT2D eigenvalue weighted by molar-refractivity contribution is -0.134. The third-order valence-corrected chi connectivity index (χ3v) is 5.39. The number of halogens is 3. The molecule has 0 unspecified atom stereocenters. The molecule has 2 heterocycles. The fourth-order valence-electron chi connectivity index (χ4n) is 3.22. The van der Waals surface area contributed by atoms with E-state index >= 15 is 4.39 Å². The van der Waals surface area contributed by atoms with Gasteiger partial charge in [-0.3, -0.25) is 4.79 Å². The van der Waals surface area contributed by atoms with Gasteiger partial charge in [-0.25, -0.2) is 23.4 Å². The first-order chi connectivity index (χ1) is 17.0. The number of methoxy groups -OCH3 is 1. The second kappa shape index (κ2) is 13.4. The lowest BCUT2D eigenvalue weighted by atomic mass is 9.92. The molecule has 10 nitrogen and oxygen atoms in total. The minimum absolute atomic E-state index is 0.105. The van der Waals surface area contributed by atoms with Crippen LogP contribution in [0, 0.1) is 5.82 Å². The van der Waals surface area contributed by atoms with Crippen molar-refractivity contribution in [1.29, 1.82) is 0 Å². The zero-order valence-corrected chi connectivity index (χ0v) is 20.0. The van der Waals surface area contributed by atoms with Crippen LogP contribution in [0.5, 0.6) is 5.88 Å². The maximum atomic E-state index is 15.0. The quantitative estimate of drug-likeness (QED) is 0.442. The molecule has 1 aromatic heterocycles. The highest BCUT2D eigenvalue weighted by Gasteiger charge is 2.36. The summed E-state index contributed by atoms with van der Waals surface area (Å²) in [5.74, 6) is -2.40. The first-order valence-corrected chi connectivity index (χ1v) is 11.0. The van der Waals surface area contributed by atoms with Gasteiger partial charge in [-0.1, -0.05) is 11.6 Å². The number of benzene rings is 1. The predicted octanol–water partition coefficient (Wildman–Crippen LogP) is 2.72. The Hall–Kier alpha value is -3.64. The van der Waals surface area contributed by atoms with Gasteiger partial charge in [0.15, 0.2) is 0 Å². The van der Waals surface area contributed by atoms with Gasteiger partial charge in [0.2, 0.25) is 5.88 Å². The van der Waals surface area contributed by atoms with Crippen LogP contribution in [-0.4, -0.2) is 75.3 Å². The largest absolute Gasteiger partial charge is 0.481 e. The molecule has 194 valence electrons. The maximum Gasteiger partial charge on any atom is 0.328 e. The molecule has 0 atom stereocenters. The number of aliphatic carboxylic acids is 2. The molecule has 36 heavy (non-hydrogen) atoms. The summed E-state index contributed by atoms with van der Waals surface area (Å²) in [7, 11) is 1.52. The van der Waals surface area contributed by atoms with Crippen LogP contribution in [-0.2, 0) is 16.1 Å². The van der Waals surface area contributed by atoms with Crippen LogP contribution in [0.4, 0.5) is 8.78 Å². The van der Waals surface area contributed by atoms with Gasteiger partial charge >= 0.3 is 11.9 Å². The monoisotopic (exact) mass is 526 g/mol. The van der Waals surface area contributed by atoms with Gasteiger partial charge in [0, 0.05) is 62.5 Å². The number of ether oxygens (including phenoxy) is 1. The van der Waals surface area contributed by atoms with Gasteiger partial charge in [-0.2, -0.15) is 4.98 Å². The second-order valence-electron chi connectivity index (χ2n) is 7.70. The Balaban J connectivity index is 0.000000493. The molecule has 13 heteroatoms. The number of nitrogens with zero attached hydrogens (tertiary/aromatic N) is 3. The summed E-state index contributed by atoms with van der Waals surface area (Å²) >= 11 is 5.74. The molecule has 0 bridgehead atoms. The maximum absolute atomic E-state index is 15.0. The molecule has 2 aromatic rings. The van der Waals surface area contributed by atoms with E-state index in [1.807, 2.05) is 0 Å². The fraction of sp³-hybridized carbons (Fsp3) is 0.348. The molecule has 0 radical (unpaired) electrons. The number of hydrogen-bond acceptors (Lipinski definition) is 7. The number of carbonyl (C=O) groups excluding carboxylic acids is 1. The topological polar surface area (TPSA) is 142 Å². The van der Waals surface area contributed by atoms with E-state index < -0.39 is 23.4 Å². The molecule has 0 saturated carbocycles. The van der Waals surface area contributed by atoms with Crippen LogP contribution in [0.25, 0.3) is 0 Å². The van der Waals surface area contributed by atoms with Crippen LogP contribution in [0.1, 0.15) is 29.0 Å². The normalized spacial score (nSPS) is 14.6. The number of carboxylic acids is 2. The van der Waals surface area contributed by atoms with E-state index in [1.165, 1.54) is 19.2 Å². The third-order valence-electron chi connectivity index (χ3n) is 5.10. The Labute approximate surface area is 210 Å². The van der Waals surface area contributed by atoms with E-state index in [-0.39, 0.29) is 43.4 Å². The molecule has 1 aliphatic rings. The minimum atomic E-state index is -1.42. The van der Waals surface area contributed by atoms with E-state index in [0.29, 0.717) is 36.0 Å². The lowest BCUT2D eigenvalue weighted by Crippen LogP contribution is -2.48. The molecule has 1 aliphatic heterocycles. The summed E-state index contributed by atoms with van der Waals surface area (Å²) in [6, 6.07) is 5.48. The van der Waals surface area contributed by atoms with Crippen molar-refractivity contribution in [2.24, 2.45) is 0 Å². The second-order valence-corrected chi connectivity index (χ2v) is 8.11. The van der Waals surface area contributed by atoms with E-state index in [1.54, 1.807) is 17.2 Å². The summed E-state index contributed by atoms with van der Waals surface area (Å²) in [4.78, 5) is 41.5. The number of carbonyl (C=O) groups is 3. The van der Waals surface area contributed by atoms with Crippen LogP contribution in [0.15, 0.2) is 42.6 Å². The molecule has 3 rings (SSSR count). The van der Waals surface area contributed by atoms with Crippen molar-refractivity contribution < 1.29 is 38.1 Å². The predicted molar refractivity (Wildman–Crippen MR) is 125 cm³/mol. The van der Waals surface area contributed by atoms with Gasteiger partial charge in [0.25, 0.3) is 5.91 Å². The van der Waals surface area contributed by atoms with Crippen LogP contribution < -0.4 is 10.1 Å². The average Bonchev–Trinajstić information content (AvgIpc) is 2.85. The molecular weight excluding hydrogens is 502 g/mol. The van der Waals surface area contributed by atoms with E-state index in [4.69, 9.17) is 26.6 Å². The number of rotatable bonds is 8. The van der Waals surface area contributed by atoms with Crippen molar-refractivity contribution in [1.82, 2.24) is 20.2 Å². The molecule has 1 aromatic carbocycles. The summed E-state index contributed by atoms with van der Waals surface area (Å²) in [5.41, 5.74) is -1.12. The summed E-state index contributed by atoms with van der Waals surface area (Å²) < 4.78 is 33.3. The van der Waals surface area contributed by atoms with Crippen molar-refractivity contribution in [2.75, 3.05) is 26.7 Å². The van der Waals surface area contributed by atoms with E-state index in [2.05, 4.69) is 15.3 Å². The van der Waals surface area contributed by atoms with Gasteiger partial charge in [-0.15, -0.1) is 0 Å². The number of carboxylic acid groups (broad SMARTS) is 2. The SMILES string of the molecule is COc1ccnc(CNCC2(F)CCN(C(=O)c3ccc(F)c(Cl)c3)CC2)n1.O=C(O)/C=C/C(=O)O. The molecule has 0 aliphatic carbocycles. The number of piperidine rings is 1. The van der Waals surface area contributed by atoms with Crippen LogP contribution >= 0.6 is 11.6 Å². The summed E-state index contributed by atoms with van der Waals surface area (Å²) in [6.45, 7) is 1.01. The van der Waals surface area contributed by atoms with E-state index in [9.17, 15) is 18.8 Å². The number of amides is 1. The van der Waals surface area contributed by atoms with E-state index in [0.717, 1.165) is 6.07 Å². The molecule has 1 saturated heterocycles. The highest BCUT2D eigenvalue weighted by Crippen LogP contribution is 2.27. The van der Waals surface area contributed by atoms with Crippen molar-refractivity contribution in [3.05, 3.63) is 64.8 Å². The molecular formula is C23H25ClF2N4O6. The third kappa shape index (κ3) is 9.19.